The summed E-state index contributed by atoms with van der Waals surface area (Å²) in [6.45, 7) is 6.02. The van der Waals surface area contributed by atoms with Crippen LogP contribution in [0.1, 0.15) is 12.0 Å². The molecule has 0 bridgehead atoms. The first-order valence-electron chi connectivity index (χ1n) is 4.51. The van der Waals surface area contributed by atoms with Crippen molar-refractivity contribution in [3.05, 3.63) is 55.2 Å². The molecule has 0 radical (unpaired) electrons. The molecule has 0 aromatic heterocycles. The lowest BCUT2D eigenvalue weighted by Gasteiger charge is -1.94. The Balaban J connectivity index is 2.10. The first-order valence-corrected chi connectivity index (χ1v) is 4.51. The standard InChI is InChI=1S/C12H15O/c1-2-10-13-11-6-9-12-7-4-3-5-8-12/h2-5,7-8,11H,1,6,9-10H2/q+1. The third-order valence-electron chi connectivity index (χ3n) is 1.73. The minimum Gasteiger partial charge on any atom is -0.193 e. The summed E-state index contributed by atoms with van der Waals surface area (Å²) in [6, 6.07) is 10.4. The highest BCUT2D eigenvalue weighted by Crippen LogP contribution is 2.03. The van der Waals surface area contributed by atoms with Crippen molar-refractivity contribution in [3.63, 3.8) is 0 Å². The lowest BCUT2D eigenvalue weighted by Crippen LogP contribution is -1.90. The van der Waals surface area contributed by atoms with Crippen LogP contribution in [0.25, 0.3) is 0 Å². The molecule has 1 aromatic carbocycles. The van der Waals surface area contributed by atoms with Gasteiger partial charge in [-0.2, -0.15) is 4.74 Å². The fraction of sp³-hybridized carbons (Fsp3) is 0.250. The van der Waals surface area contributed by atoms with Crippen LogP contribution in [0.3, 0.4) is 0 Å². The summed E-state index contributed by atoms with van der Waals surface area (Å²) in [5.41, 5.74) is 1.35. The van der Waals surface area contributed by atoms with Gasteiger partial charge in [-0.3, -0.25) is 0 Å². The predicted octanol–water partition coefficient (Wildman–Crippen LogP) is 2.98. The smallest absolute Gasteiger partial charge is 0.193 e. The molecule has 1 rings (SSSR count). The van der Waals surface area contributed by atoms with Gasteiger partial charge >= 0.3 is 0 Å². The summed E-state index contributed by atoms with van der Waals surface area (Å²) < 4.78 is 5.16. The van der Waals surface area contributed by atoms with E-state index in [1.165, 1.54) is 5.56 Å². The van der Waals surface area contributed by atoms with Gasteiger partial charge in [-0.1, -0.05) is 36.4 Å². The van der Waals surface area contributed by atoms with Gasteiger partial charge in [-0.15, -0.1) is 6.58 Å². The van der Waals surface area contributed by atoms with E-state index < -0.39 is 0 Å². The summed E-state index contributed by atoms with van der Waals surface area (Å²) in [5.74, 6) is 0. The molecule has 1 nitrogen and oxygen atoms in total. The summed E-state index contributed by atoms with van der Waals surface area (Å²) in [5, 5.41) is 0. The molecule has 0 atom stereocenters. The number of hydrogen-bond donors (Lipinski definition) is 0. The van der Waals surface area contributed by atoms with Crippen LogP contribution in [0, 0.1) is 6.61 Å². The largest absolute Gasteiger partial charge is 0.228 e. The highest BCUT2D eigenvalue weighted by Gasteiger charge is 1.99. The maximum Gasteiger partial charge on any atom is 0.228 e. The van der Waals surface area contributed by atoms with Crippen molar-refractivity contribution in [2.24, 2.45) is 0 Å². The lowest BCUT2D eigenvalue weighted by atomic mass is 10.1. The van der Waals surface area contributed by atoms with Crippen molar-refractivity contribution in [2.45, 2.75) is 12.8 Å². The summed E-state index contributed by atoms with van der Waals surface area (Å²) in [7, 11) is 0. The molecule has 0 aliphatic heterocycles. The van der Waals surface area contributed by atoms with Crippen molar-refractivity contribution in [1.82, 2.24) is 0 Å². The van der Waals surface area contributed by atoms with E-state index in [0.717, 1.165) is 12.8 Å². The molecule has 0 aliphatic carbocycles. The topological polar surface area (TPSA) is 9.23 Å². The monoisotopic (exact) mass is 175 g/mol. The first kappa shape index (κ1) is 9.87. The molecule has 0 aliphatic rings. The third kappa shape index (κ3) is 4.38. The zero-order valence-corrected chi connectivity index (χ0v) is 7.78. The molecule has 0 saturated heterocycles. The molecule has 1 aromatic rings. The minimum absolute atomic E-state index is 0.606. The van der Waals surface area contributed by atoms with Crippen molar-refractivity contribution < 1.29 is 4.74 Å². The zero-order chi connectivity index (χ0) is 9.36. The average molecular weight is 175 g/mol. The third-order valence-corrected chi connectivity index (χ3v) is 1.73. The molecule has 13 heavy (non-hydrogen) atoms. The second kappa shape index (κ2) is 6.32. The van der Waals surface area contributed by atoms with Gasteiger partial charge in [0.15, 0.2) is 0 Å². The quantitative estimate of drug-likeness (QED) is 0.367. The Labute approximate surface area is 80.0 Å². The van der Waals surface area contributed by atoms with E-state index in [4.69, 9.17) is 4.74 Å². The van der Waals surface area contributed by atoms with Crippen molar-refractivity contribution >= 4 is 0 Å². The van der Waals surface area contributed by atoms with Gasteiger partial charge in [0.1, 0.15) is 13.0 Å². The van der Waals surface area contributed by atoms with Crippen LogP contribution in [0.2, 0.25) is 0 Å². The molecule has 1 heteroatoms. The highest BCUT2D eigenvalue weighted by molar-refractivity contribution is 5.14. The first-order chi connectivity index (χ1) is 6.43. The van der Waals surface area contributed by atoms with E-state index in [-0.39, 0.29) is 0 Å². The van der Waals surface area contributed by atoms with Gasteiger partial charge in [-0.25, -0.2) is 0 Å². The molecular formula is C12H15O+. The fourth-order valence-electron chi connectivity index (χ4n) is 1.09. The Hall–Kier alpha value is -1.21. The SMILES string of the molecule is C=CCO[CH+]CCc1ccccc1. The second-order valence-corrected chi connectivity index (χ2v) is 2.81. The average Bonchev–Trinajstić information content (AvgIpc) is 2.19. The Kier molecular flexibility index (Phi) is 4.80. The van der Waals surface area contributed by atoms with E-state index in [0.29, 0.717) is 6.61 Å². The molecule has 0 heterocycles. The van der Waals surface area contributed by atoms with Crippen molar-refractivity contribution in [3.8, 4) is 0 Å². The fourth-order valence-corrected chi connectivity index (χ4v) is 1.09. The molecule has 68 valence electrons. The van der Waals surface area contributed by atoms with Crippen molar-refractivity contribution in [2.75, 3.05) is 6.61 Å². The Morgan fingerprint density at radius 3 is 2.77 bits per heavy atom. The predicted molar refractivity (Wildman–Crippen MR) is 55.2 cm³/mol. The number of ether oxygens (including phenoxy) is 1. The van der Waals surface area contributed by atoms with Crippen LogP contribution >= 0.6 is 0 Å². The minimum atomic E-state index is 0.606. The second-order valence-electron chi connectivity index (χ2n) is 2.81. The van der Waals surface area contributed by atoms with Crippen molar-refractivity contribution in [1.29, 1.82) is 0 Å². The van der Waals surface area contributed by atoms with Gasteiger partial charge in [0.05, 0.1) is 0 Å². The molecule has 0 N–H and O–H groups in total. The van der Waals surface area contributed by atoms with Gasteiger partial charge in [0.2, 0.25) is 6.61 Å². The van der Waals surface area contributed by atoms with Crippen LogP contribution in [-0.2, 0) is 11.2 Å². The number of hydrogen-bond acceptors (Lipinski definition) is 1. The van der Waals surface area contributed by atoms with Crippen LogP contribution in [0.4, 0.5) is 0 Å². The number of rotatable bonds is 6. The van der Waals surface area contributed by atoms with Gasteiger partial charge in [0.25, 0.3) is 0 Å². The van der Waals surface area contributed by atoms with E-state index in [9.17, 15) is 0 Å². The normalized spacial score (nSPS) is 9.54. The maximum atomic E-state index is 5.16. The number of aryl methyl sites for hydroxylation is 1. The molecule has 0 fully saturated rings. The summed E-state index contributed by atoms with van der Waals surface area (Å²) in [6.07, 6.45) is 3.74. The zero-order valence-electron chi connectivity index (χ0n) is 7.78. The van der Waals surface area contributed by atoms with E-state index in [1.807, 2.05) is 12.7 Å². The molecular weight excluding hydrogens is 160 g/mol. The van der Waals surface area contributed by atoms with Crippen LogP contribution in [0.15, 0.2) is 43.0 Å². The maximum absolute atomic E-state index is 5.16. The van der Waals surface area contributed by atoms with Gasteiger partial charge in [-0.05, 0) is 5.56 Å². The number of benzene rings is 1. The summed E-state index contributed by atoms with van der Waals surface area (Å²) >= 11 is 0. The Morgan fingerprint density at radius 2 is 2.08 bits per heavy atom. The van der Waals surface area contributed by atoms with Crippen LogP contribution in [0.5, 0.6) is 0 Å². The lowest BCUT2D eigenvalue weighted by molar-refractivity contribution is 0.225. The van der Waals surface area contributed by atoms with Gasteiger partial charge in [0, 0.05) is 6.42 Å². The van der Waals surface area contributed by atoms with Crippen LogP contribution < -0.4 is 0 Å². The summed E-state index contributed by atoms with van der Waals surface area (Å²) in [4.78, 5) is 0. The molecule has 0 saturated carbocycles. The molecule has 0 amide bonds. The van der Waals surface area contributed by atoms with Crippen LogP contribution in [-0.4, -0.2) is 6.61 Å². The van der Waals surface area contributed by atoms with E-state index in [2.05, 4.69) is 30.8 Å². The molecule has 0 spiro atoms. The molecule has 0 unspecified atom stereocenters. The Bertz CT molecular complexity index is 228. The highest BCUT2D eigenvalue weighted by atomic mass is 16.5. The van der Waals surface area contributed by atoms with E-state index in [1.54, 1.807) is 6.08 Å². The van der Waals surface area contributed by atoms with E-state index >= 15 is 0 Å². The van der Waals surface area contributed by atoms with Gasteiger partial charge < -0.3 is 0 Å². The Morgan fingerprint density at radius 1 is 1.31 bits per heavy atom.